The third-order valence-electron chi connectivity index (χ3n) is 4.21. The van der Waals surface area contributed by atoms with Crippen LogP contribution < -0.4 is 20.1 Å². The highest BCUT2D eigenvalue weighted by atomic mass is 32.2. The van der Waals surface area contributed by atoms with Crippen molar-refractivity contribution in [1.29, 1.82) is 0 Å². The summed E-state index contributed by atoms with van der Waals surface area (Å²) in [5.74, 6) is 1.44. The van der Waals surface area contributed by atoms with Gasteiger partial charge in [0.05, 0.1) is 25.2 Å². The molecule has 8 nitrogen and oxygen atoms in total. The van der Waals surface area contributed by atoms with Gasteiger partial charge in [0.15, 0.2) is 5.96 Å². The molecular weight excluding hydrogens is 404 g/mol. The minimum absolute atomic E-state index is 0.207. The number of nitrogens with one attached hydrogen (secondary N) is 3. The van der Waals surface area contributed by atoms with Crippen molar-refractivity contribution in [2.75, 3.05) is 33.9 Å². The van der Waals surface area contributed by atoms with Crippen molar-refractivity contribution in [3.8, 4) is 5.75 Å². The lowest BCUT2D eigenvalue weighted by Gasteiger charge is -2.13. The minimum Gasteiger partial charge on any atom is -0.496 e. The molecular formula is C21H30N4O4S. The molecule has 164 valence electrons. The Labute approximate surface area is 178 Å². The summed E-state index contributed by atoms with van der Waals surface area (Å²) in [5.41, 5.74) is 1.81. The van der Waals surface area contributed by atoms with Crippen LogP contribution in [-0.2, 0) is 27.8 Å². The van der Waals surface area contributed by atoms with E-state index in [1.165, 1.54) is 7.11 Å². The normalized spacial score (nSPS) is 11.9. The summed E-state index contributed by atoms with van der Waals surface area (Å²) in [6.07, 6.45) is 0. The lowest BCUT2D eigenvalue weighted by atomic mass is 10.2. The van der Waals surface area contributed by atoms with Crippen molar-refractivity contribution in [2.24, 2.45) is 4.99 Å². The number of guanidine groups is 1. The number of hydrogen-bond acceptors (Lipinski definition) is 5. The molecule has 0 amide bonds. The molecule has 0 heterocycles. The molecule has 0 spiro atoms. The molecule has 0 aliphatic carbocycles. The van der Waals surface area contributed by atoms with E-state index in [1.54, 1.807) is 25.3 Å². The second-order valence-corrected chi connectivity index (χ2v) is 8.17. The van der Waals surface area contributed by atoms with Gasteiger partial charge in [0.1, 0.15) is 5.75 Å². The number of aliphatic imine (C=N–C) groups is 1. The second kappa shape index (κ2) is 12.2. The molecule has 0 atom stereocenters. The van der Waals surface area contributed by atoms with E-state index in [0.717, 1.165) is 16.9 Å². The Kier molecular flexibility index (Phi) is 9.59. The molecule has 2 aromatic carbocycles. The molecule has 0 saturated heterocycles. The fourth-order valence-electron chi connectivity index (χ4n) is 2.71. The zero-order valence-corrected chi connectivity index (χ0v) is 18.5. The molecule has 0 aromatic heterocycles. The topological polar surface area (TPSA) is 101 Å². The van der Waals surface area contributed by atoms with E-state index in [0.29, 0.717) is 32.2 Å². The number of methoxy groups -OCH3 is 2. The summed E-state index contributed by atoms with van der Waals surface area (Å²) in [6.45, 7) is 4.11. The lowest BCUT2D eigenvalue weighted by molar-refractivity contribution is 0.204. The van der Waals surface area contributed by atoms with Gasteiger partial charge in [-0.25, -0.2) is 18.1 Å². The smallest absolute Gasteiger partial charge is 0.240 e. The Hall–Kier alpha value is -2.62. The van der Waals surface area contributed by atoms with Crippen LogP contribution in [-0.4, -0.2) is 48.3 Å². The molecule has 0 saturated carbocycles. The van der Waals surface area contributed by atoms with Gasteiger partial charge in [-0.05, 0) is 30.7 Å². The van der Waals surface area contributed by atoms with E-state index in [4.69, 9.17) is 9.47 Å². The number of sulfonamides is 1. The average Bonchev–Trinajstić information content (AvgIpc) is 2.76. The summed E-state index contributed by atoms with van der Waals surface area (Å²) < 4.78 is 37.5. The van der Waals surface area contributed by atoms with Crippen molar-refractivity contribution in [3.05, 3.63) is 59.7 Å². The summed E-state index contributed by atoms with van der Waals surface area (Å²) in [4.78, 5) is 4.78. The van der Waals surface area contributed by atoms with Crippen LogP contribution in [0.3, 0.4) is 0 Å². The van der Waals surface area contributed by atoms with Crippen LogP contribution in [0.1, 0.15) is 18.1 Å². The maximum absolute atomic E-state index is 12.4. The van der Waals surface area contributed by atoms with Crippen molar-refractivity contribution in [1.82, 2.24) is 15.4 Å². The Bertz CT molecular complexity index is 932. The molecule has 0 radical (unpaired) electrons. The average molecular weight is 435 g/mol. The van der Waals surface area contributed by atoms with Gasteiger partial charge in [0.25, 0.3) is 0 Å². The lowest BCUT2D eigenvalue weighted by Crippen LogP contribution is -2.36. The minimum atomic E-state index is -3.58. The highest BCUT2D eigenvalue weighted by molar-refractivity contribution is 7.89. The van der Waals surface area contributed by atoms with E-state index in [-0.39, 0.29) is 11.4 Å². The molecule has 0 aliphatic rings. The van der Waals surface area contributed by atoms with Gasteiger partial charge in [-0.1, -0.05) is 30.3 Å². The van der Waals surface area contributed by atoms with Crippen LogP contribution in [0.15, 0.2) is 58.4 Å². The van der Waals surface area contributed by atoms with Crippen molar-refractivity contribution < 1.29 is 17.9 Å². The van der Waals surface area contributed by atoms with E-state index in [9.17, 15) is 8.42 Å². The van der Waals surface area contributed by atoms with Crippen LogP contribution in [0.2, 0.25) is 0 Å². The van der Waals surface area contributed by atoms with Crippen LogP contribution in [0.5, 0.6) is 5.75 Å². The predicted molar refractivity (Wildman–Crippen MR) is 118 cm³/mol. The SMILES string of the molecule is CCNC(=NCc1cccc(S(=O)(=O)NCCOC)c1)NCc1ccccc1OC. The third-order valence-corrected chi connectivity index (χ3v) is 5.67. The Morgan fingerprint density at radius 2 is 1.87 bits per heavy atom. The summed E-state index contributed by atoms with van der Waals surface area (Å²) in [7, 11) is -0.415. The Morgan fingerprint density at radius 1 is 1.07 bits per heavy atom. The molecule has 0 fully saturated rings. The molecule has 2 aromatic rings. The van der Waals surface area contributed by atoms with Gasteiger partial charge in [0.2, 0.25) is 10.0 Å². The number of hydrogen-bond donors (Lipinski definition) is 3. The second-order valence-electron chi connectivity index (χ2n) is 6.40. The highest BCUT2D eigenvalue weighted by Crippen LogP contribution is 2.16. The first-order chi connectivity index (χ1) is 14.5. The van der Waals surface area contributed by atoms with Gasteiger partial charge in [-0.15, -0.1) is 0 Å². The van der Waals surface area contributed by atoms with Gasteiger partial charge in [0, 0.05) is 32.3 Å². The third kappa shape index (κ3) is 7.33. The largest absolute Gasteiger partial charge is 0.496 e. The van der Waals surface area contributed by atoms with Gasteiger partial charge >= 0.3 is 0 Å². The fraction of sp³-hybridized carbons (Fsp3) is 0.381. The van der Waals surface area contributed by atoms with Crippen molar-refractivity contribution in [2.45, 2.75) is 24.9 Å². The Morgan fingerprint density at radius 3 is 2.60 bits per heavy atom. The van der Waals surface area contributed by atoms with Crippen molar-refractivity contribution in [3.63, 3.8) is 0 Å². The molecule has 0 unspecified atom stereocenters. The number of ether oxygens (including phenoxy) is 2. The summed E-state index contributed by atoms with van der Waals surface area (Å²) in [6, 6.07) is 14.5. The first kappa shape index (κ1) is 23.7. The predicted octanol–water partition coefficient (Wildman–Crippen LogP) is 1.88. The zero-order valence-electron chi connectivity index (χ0n) is 17.6. The van der Waals surface area contributed by atoms with E-state index in [2.05, 4.69) is 20.3 Å². The molecule has 0 aliphatic heterocycles. The maximum atomic E-state index is 12.4. The molecule has 9 heteroatoms. The van der Waals surface area contributed by atoms with Crippen LogP contribution >= 0.6 is 0 Å². The van der Waals surface area contributed by atoms with Crippen molar-refractivity contribution >= 4 is 16.0 Å². The summed E-state index contributed by atoms with van der Waals surface area (Å²) in [5, 5.41) is 6.47. The molecule has 0 bridgehead atoms. The standard InChI is InChI=1S/C21H30N4O4S/c1-4-22-21(24-16-18-9-5-6-11-20(18)29-3)23-15-17-8-7-10-19(14-17)30(26,27)25-12-13-28-2/h5-11,14,25H,4,12-13,15-16H2,1-3H3,(H2,22,23,24). The Balaban J connectivity index is 2.07. The van der Waals surface area contributed by atoms with E-state index >= 15 is 0 Å². The highest BCUT2D eigenvalue weighted by Gasteiger charge is 2.13. The van der Waals surface area contributed by atoms with Crippen LogP contribution in [0.25, 0.3) is 0 Å². The van der Waals surface area contributed by atoms with E-state index in [1.807, 2.05) is 37.3 Å². The summed E-state index contributed by atoms with van der Waals surface area (Å²) >= 11 is 0. The fourth-order valence-corrected chi connectivity index (χ4v) is 3.80. The molecule has 2 rings (SSSR count). The number of benzene rings is 2. The molecule has 3 N–H and O–H groups in total. The molecule has 30 heavy (non-hydrogen) atoms. The van der Waals surface area contributed by atoms with Crippen LogP contribution in [0, 0.1) is 0 Å². The van der Waals surface area contributed by atoms with Gasteiger partial charge in [-0.3, -0.25) is 0 Å². The first-order valence-corrected chi connectivity index (χ1v) is 11.2. The zero-order chi connectivity index (χ0) is 21.8. The van der Waals surface area contributed by atoms with Crippen LogP contribution in [0.4, 0.5) is 0 Å². The number of para-hydroxylation sites is 1. The van der Waals surface area contributed by atoms with E-state index < -0.39 is 10.0 Å². The number of rotatable bonds is 11. The quantitative estimate of drug-likeness (QED) is 0.284. The van der Waals surface area contributed by atoms with Gasteiger partial charge < -0.3 is 20.1 Å². The first-order valence-electron chi connectivity index (χ1n) is 9.71. The van der Waals surface area contributed by atoms with Gasteiger partial charge in [-0.2, -0.15) is 0 Å². The number of nitrogens with zero attached hydrogens (tertiary/aromatic N) is 1. The monoisotopic (exact) mass is 434 g/mol. The maximum Gasteiger partial charge on any atom is 0.240 e.